The SMILES string of the molecule is C=CCC[C@H](CN(C)Cc1ccoc1)Oc1ccnc(OC)c1C#N. The van der Waals surface area contributed by atoms with E-state index in [1.54, 1.807) is 24.8 Å². The zero-order valence-corrected chi connectivity index (χ0v) is 14.6. The van der Waals surface area contributed by atoms with Crippen LogP contribution < -0.4 is 9.47 Å². The van der Waals surface area contributed by atoms with Crippen molar-refractivity contribution < 1.29 is 13.9 Å². The number of hydrogen-bond donors (Lipinski definition) is 0. The molecule has 0 unspecified atom stereocenters. The molecule has 0 aliphatic heterocycles. The van der Waals surface area contributed by atoms with Gasteiger partial charge in [-0.1, -0.05) is 6.08 Å². The van der Waals surface area contributed by atoms with E-state index < -0.39 is 0 Å². The molecular formula is C19H23N3O3. The van der Waals surface area contributed by atoms with E-state index in [4.69, 9.17) is 13.9 Å². The van der Waals surface area contributed by atoms with Gasteiger partial charge in [-0.2, -0.15) is 5.26 Å². The molecule has 2 rings (SSSR count). The largest absolute Gasteiger partial charge is 0.487 e. The standard InChI is InChI=1S/C19H23N3O3/c1-4-5-6-16(13-22(2)12-15-8-10-24-14-15)25-18-7-9-21-19(23-3)17(18)11-20/h4,7-10,14,16H,1,5-6,12-13H2,2-3H3/t16-/m1/s1. The van der Waals surface area contributed by atoms with E-state index in [-0.39, 0.29) is 12.0 Å². The van der Waals surface area contributed by atoms with Gasteiger partial charge in [-0.25, -0.2) is 4.98 Å². The number of allylic oxidation sites excluding steroid dienone is 1. The third kappa shape index (κ3) is 5.37. The third-order valence-electron chi connectivity index (χ3n) is 3.72. The first-order chi connectivity index (χ1) is 12.2. The molecule has 0 spiro atoms. The van der Waals surface area contributed by atoms with Crippen molar-refractivity contribution in [3.63, 3.8) is 0 Å². The Morgan fingerprint density at radius 2 is 2.32 bits per heavy atom. The maximum Gasteiger partial charge on any atom is 0.235 e. The second-order valence-electron chi connectivity index (χ2n) is 5.74. The minimum Gasteiger partial charge on any atom is -0.487 e. The third-order valence-corrected chi connectivity index (χ3v) is 3.72. The number of likely N-dealkylation sites (N-methyl/N-ethyl adjacent to an activating group) is 1. The Morgan fingerprint density at radius 3 is 2.96 bits per heavy atom. The summed E-state index contributed by atoms with van der Waals surface area (Å²) >= 11 is 0. The van der Waals surface area contributed by atoms with Crippen molar-refractivity contribution in [3.8, 4) is 17.7 Å². The summed E-state index contributed by atoms with van der Waals surface area (Å²) in [6, 6.07) is 5.74. The highest BCUT2D eigenvalue weighted by atomic mass is 16.5. The summed E-state index contributed by atoms with van der Waals surface area (Å²) in [5, 5.41) is 9.39. The molecule has 2 aromatic rings. The van der Waals surface area contributed by atoms with Crippen LogP contribution in [0, 0.1) is 11.3 Å². The lowest BCUT2D eigenvalue weighted by molar-refractivity contribution is 0.136. The molecule has 1 atom stereocenters. The van der Waals surface area contributed by atoms with Crippen LogP contribution in [-0.4, -0.2) is 36.7 Å². The molecule has 0 saturated carbocycles. The van der Waals surface area contributed by atoms with E-state index in [1.807, 2.05) is 19.2 Å². The number of ether oxygens (including phenoxy) is 2. The van der Waals surface area contributed by atoms with Gasteiger partial charge in [0.25, 0.3) is 0 Å². The number of furan rings is 1. The van der Waals surface area contributed by atoms with Gasteiger partial charge in [0.1, 0.15) is 17.9 Å². The first-order valence-corrected chi connectivity index (χ1v) is 8.08. The molecule has 132 valence electrons. The maximum absolute atomic E-state index is 9.39. The van der Waals surface area contributed by atoms with Crippen molar-refractivity contribution in [3.05, 3.63) is 54.6 Å². The average molecular weight is 341 g/mol. The van der Waals surface area contributed by atoms with Crippen LogP contribution in [0.4, 0.5) is 0 Å². The fourth-order valence-corrected chi connectivity index (χ4v) is 2.56. The van der Waals surface area contributed by atoms with E-state index in [1.165, 1.54) is 7.11 Å². The van der Waals surface area contributed by atoms with Crippen molar-refractivity contribution in [1.29, 1.82) is 5.26 Å². The molecule has 6 nitrogen and oxygen atoms in total. The van der Waals surface area contributed by atoms with Crippen LogP contribution in [0.25, 0.3) is 0 Å². The van der Waals surface area contributed by atoms with Crippen molar-refractivity contribution in [2.24, 2.45) is 0 Å². The Morgan fingerprint density at radius 1 is 1.48 bits per heavy atom. The number of nitriles is 1. The Bertz CT molecular complexity index is 707. The van der Waals surface area contributed by atoms with E-state index >= 15 is 0 Å². The molecule has 0 radical (unpaired) electrons. The second kappa shape index (κ2) is 9.50. The molecule has 0 bridgehead atoms. The minimum atomic E-state index is -0.0888. The van der Waals surface area contributed by atoms with Gasteiger partial charge in [0.15, 0.2) is 5.56 Å². The molecule has 2 aromatic heterocycles. The quantitative estimate of drug-likeness (QED) is 0.617. The Kier molecular flexibility index (Phi) is 7.05. The molecule has 6 heteroatoms. The van der Waals surface area contributed by atoms with Crippen LogP contribution in [0.1, 0.15) is 24.0 Å². The number of hydrogen-bond acceptors (Lipinski definition) is 6. The summed E-state index contributed by atoms with van der Waals surface area (Å²) in [4.78, 5) is 6.20. The summed E-state index contributed by atoms with van der Waals surface area (Å²) in [7, 11) is 3.51. The van der Waals surface area contributed by atoms with Crippen molar-refractivity contribution >= 4 is 0 Å². The van der Waals surface area contributed by atoms with Crippen LogP contribution in [-0.2, 0) is 6.54 Å². The van der Waals surface area contributed by atoms with Gasteiger partial charge >= 0.3 is 0 Å². The summed E-state index contributed by atoms with van der Waals surface area (Å²) < 4.78 is 16.4. The minimum absolute atomic E-state index is 0.0888. The van der Waals surface area contributed by atoms with E-state index in [0.717, 1.165) is 24.9 Å². The Hall–Kier alpha value is -2.78. The van der Waals surface area contributed by atoms with Gasteiger partial charge in [-0.15, -0.1) is 6.58 Å². The average Bonchev–Trinajstić information content (AvgIpc) is 3.12. The highest BCUT2D eigenvalue weighted by Gasteiger charge is 2.18. The maximum atomic E-state index is 9.39. The summed E-state index contributed by atoms with van der Waals surface area (Å²) in [5.41, 5.74) is 1.42. The number of nitrogens with zero attached hydrogens (tertiary/aromatic N) is 3. The van der Waals surface area contributed by atoms with Crippen molar-refractivity contribution in [1.82, 2.24) is 9.88 Å². The molecule has 0 aliphatic carbocycles. The summed E-state index contributed by atoms with van der Waals surface area (Å²) in [6.07, 6.45) is 8.38. The lowest BCUT2D eigenvalue weighted by atomic mass is 10.1. The number of rotatable bonds is 10. The lowest BCUT2D eigenvalue weighted by Gasteiger charge is -2.25. The fraction of sp³-hybridized carbons (Fsp3) is 0.368. The normalized spacial score (nSPS) is 11.8. The number of aromatic nitrogens is 1. The lowest BCUT2D eigenvalue weighted by Crippen LogP contribution is -2.33. The van der Waals surface area contributed by atoms with Gasteiger partial charge in [0.05, 0.1) is 19.6 Å². The predicted octanol–water partition coefficient (Wildman–Crippen LogP) is 3.40. The molecule has 0 saturated heterocycles. The first kappa shape index (κ1) is 18.6. The molecule has 0 N–H and O–H groups in total. The molecule has 2 heterocycles. The predicted molar refractivity (Wildman–Crippen MR) is 94.4 cm³/mol. The smallest absolute Gasteiger partial charge is 0.235 e. The van der Waals surface area contributed by atoms with Gasteiger partial charge in [0.2, 0.25) is 5.88 Å². The molecular weight excluding hydrogens is 318 g/mol. The van der Waals surface area contributed by atoms with Crippen LogP contribution in [0.3, 0.4) is 0 Å². The molecule has 0 amide bonds. The highest BCUT2D eigenvalue weighted by Crippen LogP contribution is 2.26. The highest BCUT2D eigenvalue weighted by molar-refractivity contribution is 5.49. The summed E-state index contributed by atoms with van der Waals surface area (Å²) in [6.45, 7) is 5.24. The number of pyridine rings is 1. The zero-order valence-electron chi connectivity index (χ0n) is 14.6. The Balaban J connectivity index is 2.09. The molecule has 25 heavy (non-hydrogen) atoms. The molecule has 0 fully saturated rings. The van der Waals surface area contributed by atoms with Gasteiger partial charge in [0, 0.05) is 30.9 Å². The topological polar surface area (TPSA) is 71.5 Å². The van der Waals surface area contributed by atoms with E-state index in [2.05, 4.69) is 22.5 Å². The van der Waals surface area contributed by atoms with Crippen LogP contribution in [0.15, 0.2) is 47.9 Å². The molecule has 0 aromatic carbocycles. The zero-order chi connectivity index (χ0) is 18.1. The first-order valence-electron chi connectivity index (χ1n) is 8.08. The van der Waals surface area contributed by atoms with Gasteiger partial charge in [-0.3, -0.25) is 4.90 Å². The van der Waals surface area contributed by atoms with Crippen LogP contribution >= 0.6 is 0 Å². The number of methoxy groups -OCH3 is 1. The monoisotopic (exact) mass is 341 g/mol. The van der Waals surface area contributed by atoms with Crippen molar-refractivity contribution in [2.45, 2.75) is 25.5 Å². The van der Waals surface area contributed by atoms with Crippen molar-refractivity contribution in [2.75, 3.05) is 20.7 Å². The van der Waals surface area contributed by atoms with E-state index in [9.17, 15) is 5.26 Å². The molecule has 0 aliphatic rings. The van der Waals surface area contributed by atoms with Gasteiger partial charge < -0.3 is 13.9 Å². The second-order valence-corrected chi connectivity index (χ2v) is 5.74. The van der Waals surface area contributed by atoms with Crippen LogP contribution in [0.2, 0.25) is 0 Å². The van der Waals surface area contributed by atoms with Crippen LogP contribution in [0.5, 0.6) is 11.6 Å². The van der Waals surface area contributed by atoms with E-state index in [0.29, 0.717) is 17.9 Å². The Labute approximate surface area is 148 Å². The summed E-state index contributed by atoms with van der Waals surface area (Å²) in [5.74, 6) is 0.759. The van der Waals surface area contributed by atoms with Gasteiger partial charge in [-0.05, 0) is 26.0 Å². The fourth-order valence-electron chi connectivity index (χ4n) is 2.56.